The van der Waals surface area contributed by atoms with Gasteiger partial charge < -0.3 is 4.90 Å². The first-order valence-electron chi connectivity index (χ1n) is 4.62. The zero-order valence-corrected chi connectivity index (χ0v) is 9.98. The zero-order chi connectivity index (χ0) is 10.6. The lowest BCUT2D eigenvalue weighted by Gasteiger charge is -2.28. The van der Waals surface area contributed by atoms with Gasteiger partial charge in [0.1, 0.15) is 0 Å². The van der Waals surface area contributed by atoms with Crippen LogP contribution in [0.4, 0.5) is 0 Å². The fourth-order valence-corrected chi connectivity index (χ4v) is 1.32. The van der Waals surface area contributed by atoms with Crippen molar-refractivity contribution in [2.24, 2.45) is 11.3 Å². The molecule has 0 aliphatic heterocycles. The molecule has 0 spiro atoms. The molecule has 13 heavy (non-hydrogen) atoms. The Morgan fingerprint density at radius 3 is 2.23 bits per heavy atom. The lowest BCUT2D eigenvalue weighted by molar-refractivity contribution is -0.138. The SMILES string of the molecule is CC(C)CN(C)C(=O)C(C)(C)CCl. The van der Waals surface area contributed by atoms with E-state index in [1.165, 1.54) is 0 Å². The van der Waals surface area contributed by atoms with Crippen LogP contribution in [-0.2, 0) is 4.79 Å². The molecule has 0 saturated carbocycles. The maximum absolute atomic E-state index is 11.8. The average molecular weight is 206 g/mol. The van der Waals surface area contributed by atoms with Gasteiger partial charge in [-0.3, -0.25) is 4.79 Å². The lowest BCUT2D eigenvalue weighted by atomic mass is 9.94. The highest BCUT2D eigenvalue weighted by Gasteiger charge is 2.29. The van der Waals surface area contributed by atoms with Crippen molar-refractivity contribution >= 4 is 17.5 Å². The van der Waals surface area contributed by atoms with Crippen LogP contribution in [-0.4, -0.2) is 30.3 Å². The number of hydrogen-bond acceptors (Lipinski definition) is 1. The van der Waals surface area contributed by atoms with Crippen molar-refractivity contribution in [3.8, 4) is 0 Å². The molecule has 0 rings (SSSR count). The highest BCUT2D eigenvalue weighted by atomic mass is 35.5. The van der Waals surface area contributed by atoms with Crippen LogP contribution >= 0.6 is 11.6 Å². The van der Waals surface area contributed by atoms with E-state index in [9.17, 15) is 4.79 Å². The van der Waals surface area contributed by atoms with Gasteiger partial charge in [0, 0.05) is 19.5 Å². The van der Waals surface area contributed by atoms with Crippen molar-refractivity contribution in [2.75, 3.05) is 19.5 Å². The molecule has 0 atom stereocenters. The van der Waals surface area contributed by atoms with E-state index >= 15 is 0 Å². The summed E-state index contributed by atoms with van der Waals surface area (Å²) in [5.41, 5.74) is -0.439. The Labute approximate surface area is 86.2 Å². The molecule has 0 fully saturated rings. The van der Waals surface area contributed by atoms with Gasteiger partial charge in [0.25, 0.3) is 0 Å². The molecule has 0 radical (unpaired) electrons. The van der Waals surface area contributed by atoms with Crippen molar-refractivity contribution in [2.45, 2.75) is 27.7 Å². The van der Waals surface area contributed by atoms with Crippen molar-refractivity contribution in [3.63, 3.8) is 0 Å². The van der Waals surface area contributed by atoms with E-state index in [2.05, 4.69) is 13.8 Å². The number of alkyl halides is 1. The van der Waals surface area contributed by atoms with Crippen molar-refractivity contribution in [1.29, 1.82) is 0 Å². The lowest BCUT2D eigenvalue weighted by Crippen LogP contribution is -2.41. The maximum Gasteiger partial charge on any atom is 0.229 e. The van der Waals surface area contributed by atoms with Gasteiger partial charge in [-0.2, -0.15) is 0 Å². The van der Waals surface area contributed by atoms with Gasteiger partial charge in [-0.25, -0.2) is 0 Å². The first kappa shape index (κ1) is 12.8. The summed E-state index contributed by atoms with van der Waals surface area (Å²) in [5, 5.41) is 0. The normalized spacial score (nSPS) is 11.9. The second-order valence-electron chi connectivity index (χ2n) is 4.60. The molecule has 2 nitrogen and oxygen atoms in total. The number of carbonyl (C=O) groups excluding carboxylic acids is 1. The van der Waals surface area contributed by atoms with Gasteiger partial charge in [-0.15, -0.1) is 11.6 Å². The van der Waals surface area contributed by atoms with Crippen molar-refractivity contribution in [1.82, 2.24) is 4.90 Å². The molecule has 78 valence electrons. The van der Waals surface area contributed by atoms with E-state index in [4.69, 9.17) is 11.6 Å². The molecule has 1 amide bonds. The van der Waals surface area contributed by atoms with Gasteiger partial charge in [0.2, 0.25) is 5.91 Å². The summed E-state index contributed by atoms with van der Waals surface area (Å²) >= 11 is 5.72. The minimum atomic E-state index is -0.439. The number of rotatable bonds is 4. The Hall–Kier alpha value is -0.240. The monoisotopic (exact) mass is 205 g/mol. The Bertz CT molecular complexity index is 178. The number of nitrogens with zero attached hydrogens (tertiary/aromatic N) is 1. The van der Waals surface area contributed by atoms with E-state index in [0.717, 1.165) is 6.54 Å². The van der Waals surface area contributed by atoms with E-state index in [-0.39, 0.29) is 5.91 Å². The Kier molecular flexibility index (Phi) is 4.76. The zero-order valence-electron chi connectivity index (χ0n) is 9.22. The summed E-state index contributed by atoms with van der Waals surface area (Å²) in [7, 11) is 1.83. The predicted molar refractivity (Wildman–Crippen MR) is 57.0 cm³/mol. The first-order chi connectivity index (χ1) is 5.81. The topological polar surface area (TPSA) is 20.3 Å². The maximum atomic E-state index is 11.8. The van der Waals surface area contributed by atoms with Gasteiger partial charge in [-0.05, 0) is 19.8 Å². The second kappa shape index (κ2) is 4.85. The average Bonchev–Trinajstić information content (AvgIpc) is 2.01. The summed E-state index contributed by atoms with van der Waals surface area (Å²) < 4.78 is 0. The molecule has 3 heteroatoms. The second-order valence-corrected chi connectivity index (χ2v) is 4.86. The van der Waals surface area contributed by atoms with E-state index in [1.54, 1.807) is 4.90 Å². The van der Waals surface area contributed by atoms with Crippen LogP contribution in [0.25, 0.3) is 0 Å². The number of hydrogen-bond donors (Lipinski definition) is 0. The van der Waals surface area contributed by atoms with Crippen LogP contribution < -0.4 is 0 Å². The molecular weight excluding hydrogens is 186 g/mol. The van der Waals surface area contributed by atoms with Gasteiger partial charge in [0.15, 0.2) is 0 Å². The highest BCUT2D eigenvalue weighted by molar-refractivity contribution is 6.19. The Balaban J connectivity index is 4.25. The molecule has 0 N–H and O–H groups in total. The fraction of sp³-hybridized carbons (Fsp3) is 0.900. The van der Waals surface area contributed by atoms with Crippen LogP contribution in [0.15, 0.2) is 0 Å². The number of amides is 1. The third kappa shape index (κ3) is 3.99. The Morgan fingerprint density at radius 2 is 1.92 bits per heavy atom. The third-order valence-corrected chi connectivity index (χ3v) is 2.57. The standard InChI is InChI=1S/C10H20ClNO/c1-8(2)6-12(5)9(13)10(3,4)7-11/h8H,6-7H2,1-5H3. The fourth-order valence-electron chi connectivity index (χ4n) is 1.20. The third-order valence-electron chi connectivity index (χ3n) is 1.90. The van der Waals surface area contributed by atoms with Crippen LogP contribution in [0.3, 0.4) is 0 Å². The molecule has 0 saturated heterocycles. The molecule has 0 aromatic heterocycles. The minimum absolute atomic E-state index is 0.121. The van der Waals surface area contributed by atoms with Crippen LogP contribution in [0.5, 0.6) is 0 Å². The summed E-state index contributed by atoms with van der Waals surface area (Å²) in [5.74, 6) is 0.991. The van der Waals surface area contributed by atoms with Crippen LogP contribution in [0.1, 0.15) is 27.7 Å². The van der Waals surface area contributed by atoms with Crippen LogP contribution in [0, 0.1) is 11.3 Å². The first-order valence-corrected chi connectivity index (χ1v) is 5.16. The molecule has 0 aliphatic carbocycles. The van der Waals surface area contributed by atoms with Crippen molar-refractivity contribution < 1.29 is 4.79 Å². The summed E-state index contributed by atoms with van der Waals surface area (Å²) in [6, 6.07) is 0. The Morgan fingerprint density at radius 1 is 1.46 bits per heavy atom. The molecule has 0 aliphatic rings. The predicted octanol–water partition coefficient (Wildman–Crippen LogP) is 2.37. The van der Waals surface area contributed by atoms with Gasteiger partial charge in [-0.1, -0.05) is 13.8 Å². The van der Waals surface area contributed by atoms with E-state index in [0.29, 0.717) is 11.8 Å². The number of carbonyl (C=O) groups is 1. The minimum Gasteiger partial charge on any atom is -0.345 e. The van der Waals surface area contributed by atoms with Gasteiger partial charge in [0.05, 0.1) is 5.41 Å². The summed E-state index contributed by atoms with van der Waals surface area (Å²) in [6.45, 7) is 8.73. The molecular formula is C10H20ClNO. The van der Waals surface area contributed by atoms with E-state index in [1.807, 2.05) is 20.9 Å². The molecule has 0 bridgehead atoms. The highest BCUT2D eigenvalue weighted by Crippen LogP contribution is 2.20. The summed E-state index contributed by atoms with van der Waals surface area (Å²) in [6.07, 6.45) is 0. The summed E-state index contributed by atoms with van der Waals surface area (Å²) in [4.78, 5) is 13.5. The van der Waals surface area contributed by atoms with Crippen molar-refractivity contribution in [3.05, 3.63) is 0 Å². The smallest absolute Gasteiger partial charge is 0.229 e. The van der Waals surface area contributed by atoms with Crippen LogP contribution in [0.2, 0.25) is 0 Å². The largest absolute Gasteiger partial charge is 0.345 e. The molecule has 0 aromatic carbocycles. The number of halogens is 1. The van der Waals surface area contributed by atoms with Gasteiger partial charge >= 0.3 is 0 Å². The quantitative estimate of drug-likeness (QED) is 0.646. The molecule has 0 unspecified atom stereocenters. The molecule has 0 aromatic rings. The van der Waals surface area contributed by atoms with E-state index < -0.39 is 5.41 Å². The molecule has 0 heterocycles.